The molecule has 0 bridgehead atoms. The van der Waals surface area contributed by atoms with Crippen LogP contribution in [0.4, 0.5) is 13.2 Å². The van der Waals surface area contributed by atoms with Crippen molar-refractivity contribution in [2.45, 2.75) is 44.2 Å². The molecular formula is C20H28F3N5O. The summed E-state index contributed by atoms with van der Waals surface area (Å²) in [6.07, 6.45) is -3.98. The normalized spacial score (nSPS) is 20.2. The van der Waals surface area contributed by atoms with Gasteiger partial charge in [-0.2, -0.15) is 13.2 Å². The second-order valence-electron chi connectivity index (χ2n) is 8.17. The van der Waals surface area contributed by atoms with E-state index in [9.17, 15) is 18.0 Å². The SMILES string of the molecule is CN(C)Cc1ccc(C2CCC(c3ccc(CN(C)C)[nH]3)N2C(=O)C(F)(F)F)[nH]1. The molecule has 0 aromatic carbocycles. The zero-order chi connectivity index (χ0) is 21.3. The quantitative estimate of drug-likeness (QED) is 0.766. The molecule has 1 fully saturated rings. The molecule has 1 amide bonds. The molecule has 2 unspecified atom stereocenters. The molecule has 9 heteroatoms. The van der Waals surface area contributed by atoms with Crippen molar-refractivity contribution >= 4 is 5.91 Å². The minimum absolute atomic E-state index is 0.469. The molecule has 0 aliphatic carbocycles. The van der Waals surface area contributed by atoms with Crippen LogP contribution in [0.15, 0.2) is 24.3 Å². The summed E-state index contributed by atoms with van der Waals surface area (Å²) in [5.74, 6) is -1.79. The lowest BCUT2D eigenvalue weighted by Crippen LogP contribution is -2.42. The second kappa shape index (κ2) is 8.23. The van der Waals surface area contributed by atoms with Crippen LogP contribution in [-0.4, -0.2) is 64.9 Å². The number of halogens is 3. The zero-order valence-corrected chi connectivity index (χ0v) is 17.2. The van der Waals surface area contributed by atoms with Crippen molar-refractivity contribution in [1.29, 1.82) is 0 Å². The smallest absolute Gasteiger partial charge is 0.359 e. The van der Waals surface area contributed by atoms with Crippen molar-refractivity contribution in [1.82, 2.24) is 24.7 Å². The van der Waals surface area contributed by atoms with Gasteiger partial charge in [-0.25, -0.2) is 0 Å². The van der Waals surface area contributed by atoms with Gasteiger partial charge in [0.25, 0.3) is 0 Å². The third kappa shape index (κ3) is 4.84. The maximum Gasteiger partial charge on any atom is 0.471 e. The molecule has 6 nitrogen and oxygen atoms in total. The Hall–Kier alpha value is -2.26. The number of alkyl halides is 3. The summed E-state index contributed by atoms with van der Waals surface area (Å²) in [5, 5.41) is 0. The lowest BCUT2D eigenvalue weighted by Gasteiger charge is -2.30. The van der Waals surface area contributed by atoms with Gasteiger partial charge in [0.05, 0.1) is 12.1 Å². The second-order valence-corrected chi connectivity index (χ2v) is 8.17. The minimum atomic E-state index is -4.92. The van der Waals surface area contributed by atoms with E-state index in [1.54, 1.807) is 12.1 Å². The van der Waals surface area contributed by atoms with Crippen LogP contribution in [-0.2, 0) is 17.9 Å². The Balaban J connectivity index is 1.90. The van der Waals surface area contributed by atoms with Gasteiger partial charge in [0.2, 0.25) is 0 Å². The highest BCUT2D eigenvalue weighted by Gasteiger charge is 2.50. The number of rotatable bonds is 6. The standard InChI is InChI=1S/C20H28F3N5O/c1-26(2)11-13-5-7-15(24-13)17-9-10-18(28(17)19(29)20(21,22)23)16-8-6-14(25-16)12-27(3)4/h5-8,17-18,24-25H,9-12H2,1-4H3. The molecule has 160 valence electrons. The molecule has 29 heavy (non-hydrogen) atoms. The fourth-order valence-electron chi connectivity index (χ4n) is 4.02. The van der Waals surface area contributed by atoms with E-state index in [2.05, 4.69) is 9.97 Å². The number of aromatic nitrogens is 2. The third-order valence-electron chi connectivity index (χ3n) is 5.09. The van der Waals surface area contributed by atoms with Crippen molar-refractivity contribution in [2.75, 3.05) is 28.2 Å². The summed E-state index contributed by atoms with van der Waals surface area (Å²) >= 11 is 0. The first-order chi connectivity index (χ1) is 13.6. The largest absolute Gasteiger partial charge is 0.471 e. The predicted octanol–water partition coefficient (Wildman–Crippen LogP) is 3.43. The Bertz CT molecular complexity index is 783. The topological polar surface area (TPSA) is 58.4 Å². The first-order valence-electron chi connectivity index (χ1n) is 9.60. The van der Waals surface area contributed by atoms with Gasteiger partial charge in [-0.1, -0.05) is 0 Å². The Morgan fingerprint density at radius 1 is 0.931 bits per heavy atom. The van der Waals surface area contributed by atoms with E-state index < -0.39 is 24.2 Å². The lowest BCUT2D eigenvalue weighted by atomic mass is 10.1. The molecule has 1 aliphatic heterocycles. The Labute approximate surface area is 168 Å². The van der Waals surface area contributed by atoms with Crippen LogP contribution in [0.3, 0.4) is 0 Å². The van der Waals surface area contributed by atoms with Gasteiger partial charge < -0.3 is 24.7 Å². The van der Waals surface area contributed by atoms with Crippen molar-refractivity contribution in [3.63, 3.8) is 0 Å². The van der Waals surface area contributed by atoms with Crippen LogP contribution < -0.4 is 0 Å². The number of likely N-dealkylation sites (tertiary alicyclic amines) is 1. The number of carbonyl (C=O) groups excluding carboxylic acids is 1. The van der Waals surface area contributed by atoms with E-state index in [1.807, 2.05) is 50.1 Å². The Morgan fingerprint density at radius 2 is 1.34 bits per heavy atom. The van der Waals surface area contributed by atoms with Crippen LogP contribution in [0.2, 0.25) is 0 Å². The van der Waals surface area contributed by atoms with Gasteiger partial charge in [-0.3, -0.25) is 4.79 Å². The van der Waals surface area contributed by atoms with Gasteiger partial charge in [0, 0.05) is 35.9 Å². The number of hydrogen-bond donors (Lipinski definition) is 2. The summed E-state index contributed by atoms with van der Waals surface area (Å²) in [6, 6.07) is 6.03. The maximum atomic E-state index is 13.4. The summed E-state index contributed by atoms with van der Waals surface area (Å²) < 4.78 is 40.2. The van der Waals surface area contributed by atoms with Gasteiger partial charge in [-0.15, -0.1) is 0 Å². The van der Waals surface area contributed by atoms with E-state index >= 15 is 0 Å². The molecule has 0 spiro atoms. The van der Waals surface area contributed by atoms with Crippen LogP contribution in [0.1, 0.15) is 47.7 Å². The van der Waals surface area contributed by atoms with Gasteiger partial charge in [0.15, 0.2) is 0 Å². The van der Waals surface area contributed by atoms with E-state index in [-0.39, 0.29) is 0 Å². The summed E-state index contributed by atoms with van der Waals surface area (Å²) in [7, 11) is 7.68. The third-order valence-corrected chi connectivity index (χ3v) is 5.09. The van der Waals surface area contributed by atoms with E-state index in [4.69, 9.17) is 0 Å². The average Bonchev–Trinajstić information content (AvgIpc) is 3.30. The summed E-state index contributed by atoms with van der Waals surface area (Å²) in [4.78, 5) is 23.7. The van der Waals surface area contributed by atoms with E-state index in [0.29, 0.717) is 37.3 Å². The van der Waals surface area contributed by atoms with Crippen molar-refractivity contribution < 1.29 is 18.0 Å². The monoisotopic (exact) mass is 411 g/mol. The summed E-state index contributed by atoms with van der Waals surface area (Å²) in [5.41, 5.74) is 3.09. The van der Waals surface area contributed by atoms with Gasteiger partial charge >= 0.3 is 12.1 Å². The molecule has 1 aliphatic rings. The number of amides is 1. The number of H-pyrrole nitrogens is 2. The Morgan fingerprint density at radius 3 is 1.69 bits per heavy atom. The number of nitrogens with zero attached hydrogens (tertiary/aromatic N) is 3. The van der Waals surface area contributed by atoms with Crippen molar-refractivity contribution in [3.05, 3.63) is 47.0 Å². The van der Waals surface area contributed by atoms with Crippen LogP contribution >= 0.6 is 0 Å². The van der Waals surface area contributed by atoms with Gasteiger partial charge in [-0.05, 0) is 65.3 Å². The fourth-order valence-corrected chi connectivity index (χ4v) is 4.02. The first kappa shape index (κ1) is 21.4. The molecule has 0 radical (unpaired) electrons. The number of carbonyl (C=O) groups is 1. The minimum Gasteiger partial charge on any atom is -0.359 e. The van der Waals surface area contributed by atoms with Crippen LogP contribution in [0.5, 0.6) is 0 Å². The lowest BCUT2D eigenvalue weighted by molar-refractivity contribution is -0.189. The highest BCUT2D eigenvalue weighted by atomic mass is 19.4. The van der Waals surface area contributed by atoms with Crippen molar-refractivity contribution in [3.8, 4) is 0 Å². The molecule has 2 atom stereocenters. The Kier molecular flexibility index (Phi) is 6.09. The summed E-state index contributed by atoms with van der Waals surface area (Å²) in [6.45, 7) is 1.29. The van der Waals surface area contributed by atoms with E-state index in [1.165, 1.54) is 0 Å². The number of nitrogens with one attached hydrogen (secondary N) is 2. The molecule has 0 saturated carbocycles. The maximum absolute atomic E-state index is 13.4. The molecule has 2 aromatic rings. The molecule has 2 N–H and O–H groups in total. The first-order valence-corrected chi connectivity index (χ1v) is 9.60. The average molecular weight is 411 g/mol. The molecule has 3 heterocycles. The highest BCUT2D eigenvalue weighted by Crippen LogP contribution is 2.45. The fraction of sp³-hybridized carbons (Fsp3) is 0.550. The number of aromatic amines is 2. The molecular weight excluding hydrogens is 383 g/mol. The van der Waals surface area contributed by atoms with Crippen molar-refractivity contribution in [2.24, 2.45) is 0 Å². The molecule has 2 aromatic heterocycles. The zero-order valence-electron chi connectivity index (χ0n) is 17.2. The van der Waals surface area contributed by atoms with Crippen LogP contribution in [0, 0.1) is 0 Å². The number of hydrogen-bond acceptors (Lipinski definition) is 3. The van der Waals surface area contributed by atoms with E-state index in [0.717, 1.165) is 16.3 Å². The predicted molar refractivity (Wildman–Crippen MR) is 104 cm³/mol. The van der Waals surface area contributed by atoms with Crippen LogP contribution in [0.25, 0.3) is 0 Å². The molecule has 1 saturated heterocycles. The van der Waals surface area contributed by atoms with Gasteiger partial charge in [0.1, 0.15) is 0 Å². The molecule has 3 rings (SSSR count). The highest BCUT2D eigenvalue weighted by molar-refractivity contribution is 5.83.